The molecule has 2 N–H and O–H groups in total. The van der Waals surface area contributed by atoms with E-state index in [0.717, 1.165) is 23.7 Å². The Morgan fingerprint density at radius 2 is 2.54 bits per heavy atom. The highest BCUT2D eigenvalue weighted by Crippen LogP contribution is 2.18. The Bertz CT molecular complexity index is 226. The predicted octanol–water partition coefficient (Wildman–Crippen LogP) is 1.21. The highest BCUT2D eigenvalue weighted by Gasteiger charge is 2.17. The minimum Gasteiger partial charge on any atom is -0.396 e. The van der Waals surface area contributed by atoms with Crippen molar-refractivity contribution in [3.05, 3.63) is 11.1 Å². The molecular formula is C9H16N2OS. The van der Waals surface area contributed by atoms with Gasteiger partial charge in [-0.05, 0) is 19.1 Å². The van der Waals surface area contributed by atoms with Crippen LogP contribution in [-0.2, 0) is 0 Å². The number of allylic oxidation sites excluding steroid dienone is 1. The Morgan fingerprint density at radius 1 is 1.77 bits per heavy atom. The largest absolute Gasteiger partial charge is 0.396 e. The summed E-state index contributed by atoms with van der Waals surface area (Å²) in [7, 11) is 1.76. The highest BCUT2D eigenvalue weighted by molar-refractivity contribution is 8.02. The molecule has 1 aliphatic heterocycles. The van der Waals surface area contributed by atoms with Gasteiger partial charge in [-0.15, -0.1) is 11.8 Å². The fraction of sp³-hybridized carbons (Fsp3) is 0.667. The Hall–Kier alpha value is -0.480. The van der Waals surface area contributed by atoms with Crippen molar-refractivity contribution in [2.75, 3.05) is 19.9 Å². The average Bonchev–Trinajstić information content (AvgIpc) is 2.38. The summed E-state index contributed by atoms with van der Waals surface area (Å²) < 4.78 is 0. The molecule has 0 saturated heterocycles. The smallest absolute Gasteiger partial charge is 0.106 e. The fourth-order valence-electron chi connectivity index (χ4n) is 1.38. The van der Waals surface area contributed by atoms with Crippen LogP contribution in [0.25, 0.3) is 0 Å². The highest BCUT2D eigenvalue weighted by atomic mass is 32.2. The molecule has 0 radical (unpaired) electrons. The third-order valence-corrected chi connectivity index (χ3v) is 2.87. The summed E-state index contributed by atoms with van der Waals surface area (Å²) >= 11 is 1.68. The van der Waals surface area contributed by atoms with Gasteiger partial charge in [0.25, 0.3) is 0 Å². The van der Waals surface area contributed by atoms with Crippen LogP contribution >= 0.6 is 11.8 Å². The molecule has 0 aromatic heterocycles. The Morgan fingerprint density at radius 3 is 3.08 bits per heavy atom. The number of nitrogens with zero attached hydrogens (tertiary/aromatic N) is 1. The molecule has 0 amide bonds. The topological polar surface area (TPSA) is 44.6 Å². The van der Waals surface area contributed by atoms with E-state index in [-0.39, 0.29) is 12.5 Å². The van der Waals surface area contributed by atoms with Gasteiger partial charge in [-0.3, -0.25) is 4.99 Å². The molecule has 1 rings (SSSR count). The molecule has 74 valence electrons. The molecule has 1 atom stereocenters. The van der Waals surface area contributed by atoms with Crippen molar-refractivity contribution in [2.45, 2.75) is 12.8 Å². The van der Waals surface area contributed by atoms with Crippen LogP contribution in [0, 0.1) is 5.92 Å². The minimum atomic E-state index is 0.172. The third kappa shape index (κ3) is 2.74. The molecule has 13 heavy (non-hydrogen) atoms. The number of aliphatic hydroxyl groups excluding tert-OH is 1. The number of nitrogens with one attached hydrogen (secondary N) is 1. The number of hydrogen-bond donors (Lipinski definition) is 2. The lowest BCUT2D eigenvalue weighted by Crippen LogP contribution is -2.30. The second kappa shape index (κ2) is 5.29. The molecular weight excluding hydrogens is 184 g/mol. The molecule has 0 saturated carbocycles. The molecule has 0 fully saturated rings. The second-order valence-corrected chi connectivity index (χ2v) is 3.81. The zero-order valence-electron chi connectivity index (χ0n) is 8.08. The maximum atomic E-state index is 9.13. The van der Waals surface area contributed by atoms with Gasteiger partial charge in [0.05, 0.1) is 11.6 Å². The average molecular weight is 200 g/mol. The first-order valence-electron chi connectivity index (χ1n) is 4.40. The lowest BCUT2D eigenvalue weighted by atomic mass is 10.0. The zero-order chi connectivity index (χ0) is 9.68. The molecule has 0 aromatic carbocycles. The van der Waals surface area contributed by atoms with E-state index in [1.807, 2.05) is 6.26 Å². The van der Waals surface area contributed by atoms with E-state index < -0.39 is 0 Å². The lowest BCUT2D eigenvalue weighted by molar-refractivity contribution is 0.255. The van der Waals surface area contributed by atoms with Crippen molar-refractivity contribution in [1.29, 1.82) is 0 Å². The summed E-state index contributed by atoms with van der Waals surface area (Å²) in [5, 5.41) is 13.5. The maximum Gasteiger partial charge on any atom is 0.106 e. The molecule has 0 bridgehead atoms. The van der Waals surface area contributed by atoms with Gasteiger partial charge in [0.1, 0.15) is 5.84 Å². The standard InChI is InChI=1S/C9H16N2OS/c1-10-9-7(6-12)4-3-5-8(11-9)13-2/h5,7,12H,3-4,6H2,1-2H3,(H,10,11). The van der Waals surface area contributed by atoms with Crippen molar-refractivity contribution < 1.29 is 5.11 Å². The predicted molar refractivity (Wildman–Crippen MR) is 57.9 cm³/mol. The monoisotopic (exact) mass is 200 g/mol. The maximum absolute atomic E-state index is 9.13. The number of amidine groups is 1. The van der Waals surface area contributed by atoms with Gasteiger partial charge >= 0.3 is 0 Å². The second-order valence-electron chi connectivity index (χ2n) is 2.96. The van der Waals surface area contributed by atoms with E-state index in [2.05, 4.69) is 16.4 Å². The van der Waals surface area contributed by atoms with Gasteiger partial charge in [0.15, 0.2) is 0 Å². The van der Waals surface area contributed by atoms with Crippen molar-refractivity contribution >= 4 is 17.6 Å². The molecule has 0 aromatic rings. The SMILES string of the molecule is CN=C1NC(SC)=CCCC1CO. The van der Waals surface area contributed by atoms with E-state index in [9.17, 15) is 0 Å². The van der Waals surface area contributed by atoms with Crippen LogP contribution < -0.4 is 5.32 Å². The first-order chi connectivity index (χ1) is 6.31. The number of thioether (sulfide) groups is 1. The summed E-state index contributed by atoms with van der Waals surface area (Å²) in [5.74, 6) is 1.08. The van der Waals surface area contributed by atoms with Gasteiger partial charge in [-0.25, -0.2) is 0 Å². The van der Waals surface area contributed by atoms with Crippen molar-refractivity contribution in [3.63, 3.8) is 0 Å². The van der Waals surface area contributed by atoms with Gasteiger partial charge in [0.2, 0.25) is 0 Å². The first kappa shape index (κ1) is 10.6. The zero-order valence-corrected chi connectivity index (χ0v) is 8.90. The normalized spacial score (nSPS) is 26.5. The fourth-order valence-corrected chi connectivity index (χ4v) is 1.87. The van der Waals surface area contributed by atoms with Crippen molar-refractivity contribution in [1.82, 2.24) is 5.32 Å². The Kier molecular flexibility index (Phi) is 4.32. The van der Waals surface area contributed by atoms with Gasteiger partial charge in [-0.2, -0.15) is 0 Å². The molecule has 4 heteroatoms. The molecule has 1 aliphatic rings. The molecule has 1 unspecified atom stereocenters. The van der Waals surface area contributed by atoms with Gasteiger partial charge in [-0.1, -0.05) is 6.08 Å². The van der Waals surface area contributed by atoms with Crippen LogP contribution in [0.5, 0.6) is 0 Å². The van der Waals surface area contributed by atoms with Crippen LogP contribution in [0.3, 0.4) is 0 Å². The number of aliphatic hydroxyl groups is 1. The number of hydrogen-bond acceptors (Lipinski definition) is 3. The molecule has 0 spiro atoms. The van der Waals surface area contributed by atoms with E-state index >= 15 is 0 Å². The Balaban J connectivity index is 2.71. The summed E-state index contributed by atoms with van der Waals surface area (Å²) in [4.78, 5) is 4.15. The number of aliphatic imine (C=N–C) groups is 1. The summed E-state index contributed by atoms with van der Waals surface area (Å²) in [6.45, 7) is 0.176. The third-order valence-electron chi connectivity index (χ3n) is 2.16. The van der Waals surface area contributed by atoms with Gasteiger partial charge < -0.3 is 10.4 Å². The van der Waals surface area contributed by atoms with Crippen LogP contribution in [0.1, 0.15) is 12.8 Å². The first-order valence-corrected chi connectivity index (χ1v) is 5.63. The lowest BCUT2D eigenvalue weighted by Gasteiger charge is -2.15. The van der Waals surface area contributed by atoms with Crippen LogP contribution in [-0.4, -0.2) is 30.9 Å². The van der Waals surface area contributed by atoms with Crippen molar-refractivity contribution in [2.24, 2.45) is 10.9 Å². The molecule has 3 nitrogen and oxygen atoms in total. The quantitative estimate of drug-likeness (QED) is 0.704. The molecule has 0 aliphatic carbocycles. The summed E-state index contributed by atoms with van der Waals surface area (Å²) in [5.41, 5.74) is 0. The van der Waals surface area contributed by atoms with E-state index in [0.29, 0.717) is 0 Å². The summed E-state index contributed by atoms with van der Waals surface area (Å²) in [6, 6.07) is 0. The van der Waals surface area contributed by atoms with Crippen LogP contribution in [0.4, 0.5) is 0 Å². The Labute approximate surface area is 83.3 Å². The van der Waals surface area contributed by atoms with Crippen molar-refractivity contribution in [3.8, 4) is 0 Å². The van der Waals surface area contributed by atoms with Crippen LogP contribution in [0.2, 0.25) is 0 Å². The molecule has 1 heterocycles. The van der Waals surface area contributed by atoms with Gasteiger partial charge in [0, 0.05) is 13.0 Å². The van der Waals surface area contributed by atoms with Crippen LogP contribution in [0.15, 0.2) is 16.1 Å². The number of rotatable bonds is 2. The van der Waals surface area contributed by atoms with E-state index in [1.54, 1.807) is 18.8 Å². The van der Waals surface area contributed by atoms with E-state index in [4.69, 9.17) is 5.11 Å². The minimum absolute atomic E-state index is 0.172. The van der Waals surface area contributed by atoms with E-state index in [1.165, 1.54) is 0 Å². The summed E-state index contributed by atoms with van der Waals surface area (Å²) in [6.07, 6.45) is 6.17.